The van der Waals surface area contributed by atoms with Gasteiger partial charge in [0.1, 0.15) is 12.0 Å². The molecule has 2 N–H and O–H groups in total. The molecule has 4 rings (SSSR count). The molecule has 2 heterocycles. The minimum atomic E-state index is -4.52. The van der Waals surface area contributed by atoms with Crippen molar-refractivity contribution in [3.63, 3.8) is 0 Å². The van der Waals surface area contributed by atoms with Gasteiger partial charge in [0.05, 0.1) is 19.3 Å². The molecule has 164 valence electrons. The van der Waals surface area contributed by atoms with Crippen LogP contribution in [0.25, 0.3) is 0 Å². The molecule has 8 heteroatoms. The van der Waals surface area contributed by atoms with Crippen molar-refractivity contribution in [3.8, 4) is 0 Å². The van der Waals surface area contributed by atoms with Crippen molar-refractivity contribution in [2.45, 2.75) is 44.1 Å². The average molecular weight is 432 g/mol. The van der Waals surface area contributed by atoms with Crippen molar-refractivity contribution < 1.29 is 27.5 Å². The van der Waals surface area contributed by atoms with Crippen molar-refractivity contribution in [2.24, 2.45) is 5.92 Å². The summed E-state index contributed by atoms with van der Waals surface area (Å²) in [5, 5.41) is 4.84. The zero-order valence-electron chi connectivity index (χ0n) is 16.7. The molecule has 0 radical (unpaired) electrons. The molecule has 2 aliphatic heterocycles. The molecule has 2 amide bonds. The molecule has 2 aromatic rings. The number of amides is 2. The Balaban J connectivity index is 1.56. The van der Waals surface area contributed by atoms with E-state index >= 15 is 0 Å². The van der Waals surface area contributed by atoms with E-state index in [0.717, 1.165) is 28.7 Å². The van der Waals surface area contributed by atoms with Gasteiger partial charge in [0, 0.05) is 0 Å². The van der Waals surface area contributed by atoms with E-state index in [1.54, 1.807) is 0 Å². The van der Waals surface area contributed by atoms with Crippen LogP contribution in [-0.2, 0) is 27.4 Å². The second-order valence-corrected chi connectivity index (χ2v) is 7.92. The summed E-state index contributed by atoms with van der Waals surface area (Å²) in [6.45, 7) is 1.17. The van der Waals surface area contributed by atoms with Crippen molar-refractivity contribution in [3.05, 3.63) is 70.8 Å². The van der Waals surface area contributed by atoms with Crippen LogP contribution in [0.15, 0.2) is 48.5 Å². The molecule has 3 atom stereocenters. The van der Waals surface area contributed by atoms with Gasteiger partial charge in [-0.15, -0.1) is 0 Å². The van der Waals surface area contributed by atoms with Crippen LogP contribution in [0.1, 0.15) is 41.1 Å². The fraction of sp³-hybridized carbons (Fsp3) is 0.391. The van der Waals surface area contributed by atoms with Crippen LogP contribution in [0.2, 0.25) is 0 Å². The highest BCUT2D eigenvalue weighted by Crippen LogP contribution is 2.30. The van der Waals surface area contributed by atoms with Gasteiger partial charge < -0.3 is 15.4 Å². The van der Waals surface area contributed by atoms with E-state index in [0.29, 0.717) is 13.2 Å². The normalized spacial score (nSPS) is 22.2. The Kier molecular flexibility index (Phi) is 6.00. The molecule has 0 aliphatic carbocycles. The average Bonchev–Trinajstić information content (AvgIpc) is 2.77. The Bertz CT molecular complexity index is 962. The molecule has 2 aromatic carbocycles. The molecule has 3 unspecified atom stereocenters. The summed E-state index contributed by atoms with van der Waals surface area (Å²) in [6.07, 6.45) is -4.22. The van der Waals surface area contributed by atoms with Crippen LogP contribution in [0.4, 0.5) is 13.2 Å². The third kappa shape index (κ3) is 4.74. The molecular weight excluding hydrogens is 409 g/mol. The summed E-state index contributed by atoms with van der Waals surface area (Å²) >= 11 is 0. The molecule has 0 aromatic heterocycles. The summed E-state index contributed by atoms with van der Waals surface area (Å²) in [6, 6.07) is 12.8. The first-order chi connectivity index (χ1) is 14.8. The summed E-state index contributed by atoms with van der Waals surface area (Å²) in [5.41, 5.74) is 3.91. The van der Waals surface area contributed by atoms with Gasteiger partial charge in [-0.2, -0.15) is 13.2 Å². The van der Waals surface area contributed by atoms with Crippen molar-refractivity contribution in [1.29, 1.82) is 0 Å². The number of carbonyl (C=O) groups is 2. The van der Waals surface area contributed by atoms with E-state index < -0.39 is 36.0 Å². The Morgan fingerprint density at radius 3 is 2.55 bits per heavy atom. The van der Waals surface area contributed by atoms with Crippen molar-refractivity contribution in [1.82, 2.24) is 10.6 Å². The molecular formula is C23H23F3N2O3. The predicted molar refractivity (Wildman–Crippen MR) is 107 cm³/mol. The van der Waals surface area contributed by atoms with Crippen LogP contribution < -0.4 is 10.6 Å². The summed E-state index contributed by atoms with van der Waals surface area (Å²) in [5.74, 6) is -2.62. The summed E-state index contributed by atoms with van der Waals surface area (Å²) in [7, 11) is 0. The molecule has 0 saturated carbocycles. The SMILES string of the molecule is O=C(NC(c1ccccc1)c1ccc2c(c1)CCOC2)C1CCC(C(F)(F)F)NC1=O. The van der Waals surface area contributed by atoms with Gasteiger partial charge in [0.15, 0.2) is 0 Å². The number of ether oxygens (including phenoxy) is 1. The second-order valence-electron chi connectivity index (χ2n) is 7.92. The zero-order valence-corrected chi connectivity index (χ0v) is 16.7. The van der Waals surface area contributed by atoms with Crippen LogP contribution in [0.3, 0.4) is 0 Å². The van der Waals surface area contributed by atoms with E-state index in [9.17, 15) is 22.8 Å². The van der Waals surface area contributed by atoms with Gasteiger partial charge in [-0.3, -0.25) is 9.59 Å². The maximum Gasteiger partial charge on any atom is 0.408 e. The van der Waals surface area contributed by atoms with E-state index in [1.165, 1.54) is 0 Å². The Morgan fingerprint density at radius 1 is 1.06 bits per heavy atom. The zero-order chi connectivity index (χ0) is 22.0. The topological polar surface area (TPSA) is 67.4 Å². The number of halogens is 3. The van der Waals surface area contributed by atoms with E-state index in [1.807, 2.05) is 53.8 Å². The fourth-order valence-electron chi connectivity index (χ4n) is 4.12. The summed E-state index contributed by atoms with van der Waals surface area (Å²) < 4.78 is 44.2. The maximum atomic E-state index is 12.9. The van der Waals surface area contributed by atoms with Crippen LogP contribution >= 0.6 is 0 Å². The summed E-state index contributed by atoms with van der Waals surface area (Å²) in [4.78, 5) is 25.2. The minimum Gasteiger partial charge on any atom is -0.376 e. The van der Waals surface area contributed by atoms with Gasteiger partial charge in [-0.05, 0) is 41.5 Å². The van der Waals surface area contributed by atoms with E-state index in [4.69, 9.17) is 4.74 Å². The molecule has 1 saturated heterocycles. The molecule has 0 bridgehead atoms. The van der Waals surface area contributed by atoms with Gasteiger partial charge in [-0.1, -0.05) is 48.5 Å². The number of hydrogen-bond donors (Lipinski definition) is 2. The van der Waals surface area contributed by atoms with E-state index in [-0.39, 0.29) is 12.8 Å². The first kappa shape index (κ1) is 21.4. The number of piperidine rings is 1. The first-order valence-electron chi connectivity index (χ1n) is 10.2. The lowest BCUT2D eigenvalue weighted by molar-refractivity contribution is -0.171. The van der Waals surface area contributed by atoms with Crippen molar-refractivity contribution in [2.75, 3.05) is 6.61 Å². The van der Waals surface area contributed by atoms with Crippen LogP contribution in [0.5, 0.6) is 0 Å². The largest absolute Gasteiger partial charge is 0.408 e. The van der Waals surface area contributed by atoms with Crippen molar-refractivity contribution >= 4 is 11.8 Å². The Hall–Kier alpha value is -2.87. The molecule has 31 heavy (non-hydrogen) atoms. The van der Waals surface area contributed by atoms with E-state index in [2.05, 4.69) is 5.32 Å². The number of benzene rings is 2. The number of alkyl halides is 3. The standard InChI is InChI=1S/C23H23F3N2O3/c24-23(25,26)19-9-8-18(21(29)27-19)22(30)28-20(14-4-2-1-3-5-14)16-6-7-17-13-31-11-10-15(17)12-16/h1-7,12,18-20H,8-11,13H2,(H,27,29)(H,28,30). The van der Waals surface area contributed by atoms with Gasteiger partial charge >= 0.3 is 6.18 Å². The maximum absolute atomic E-state index is 12.9. The predicted octanol–water partition coefficient (Wildman–Crippen LogP) is 3.42. The minimum absolute atomic E-state index is 0.148. The lowest BCUT2D eigenvalue weighted by Gasteiger charge is -2.31. The Morgan fingerprint density at radius 2 is 1.84 bits per heavy atom. The fourth-order valence-corrected chi connectivity index (χ4v) is 4.12. The monoisotopic (exact) mass is 432 g/mol. The highest BCUT2D eigenvalue weighted by molar-refractivity contribution is 6.01. The van der Waals surface area contributed by atoms with Crippen LogP contribution in [0, 0.1) is 5.92 Å². The quantitative estimate of drug-likeness (QED) is 0.728. The molecule has 5 nitrogen and oxygen atoms in total. The second kappa shape index (κ2) is 8.70. The third-order valence-corrected chi connectivity index (χ3v) is 5.85. The number of hydrogen-bond acceptors (Lipinski definition) is 3. The highest BCUT2D eigenvalue weighted by Gasteiger charge is 2.46. The molecule has 0 spiro atoms. The Labute approximate surface area is 178 Å². The third-order valence-electron chi connectivity index (χ3n) is 5.85. The molecule has 1 fully saturated rings. The van der Waals surface area contributed by atoms with Gasteiger partial charge in [-0.25, -0.2) is 0 Å². The highest BCUT2D eigenvalue weighted by atomic mass is 19.4. The van der Waals surface area contributed by atoms with Crippen LogP contribution in [-0.4, -0.2) is 30.6 Å². The number of nitrogens with one attached hydrogen (secondary N) is 2. The lowest BCUT2D eigenvalue weighted by atomic mass is 9.90. The first-order valence-corrected chi connectivity index (χ1v) is 10.2. The number of carbonyl (C=O) groups excluding carboxylic acids is 2. The number of fused-ring (bicyclic) bond motifs is 1. The number of rotatable bonds is 4. The lowest BCUT2D eigenvalue weighted by Crippen LogP contribution is -2.54. The van der Waals surface area contributed by atoms with Gasteiger partial charge in [0.2, 0.25) is 11.8 Å². The van der Waals surface area contributed by atoms with Gasteiger partial charge in [0.25, 0.3) is 0 Å². The molecule has 2 aliphatic rings. The smallest absolute Gasteiger partial charge is 0.376 e.